The van der Waals surface area contributed by atoms with E-state index in [4.69, 9.17) is 4.52 Å². The highest BCUT2D eigenvalue weighted by Crippen LogP contribution is 2.22. The van der Waals surface area contributed by atoms with E-state index >= 15 is 0 Å². The molecule has 0 aliphatic carbocycles. The molecule has 0 aliphatic heterocycles. The van der Waals surface area contributed by atoms with Gasteiger partial charge in [0.05, 0.1) is 0 Å². The van der Waals surface area contributed by atoms with Crippen LogP contribution in [0.5, 0.6) is 0 Å². The summed E-state index contributed by atoms with van der Waals surface area (Å²) in [6, 6.07) is 16.1. The van der Waals surface area contributed by atoms with E-state index in [-0.39, 0.29) is 11.7 Å². The van der Waals surface area contributed by atoms with E-state index < -0.39 is 6.04 Å². The van der Waals surface area contributed by atoms with Crippen LogP contribution in [0.2, 0.25) is 0 Å². The molecule has 0 bridgehead atoms. The first-order valence-electron chi connectivity index (χ1n) is 7.43. The van der Waals surface area contributed by atoms with Crippen molar-refractivity contribution in [1.29, 1.82) is 0 Å². The number of rotatable bonds is 5. The summed E-state index contributed by atoms with van der Waals surface area (Å²) in [7, 11) is 0. The number of nitrogens with zero attached hydrogens (tertiary/aromatic N) is 1. The number of carbonyl (C=O) groups excluding carboxylic acids is 1. The molecule has 24 heavy (non-hydrogen) atoms. The summed E-state index contributed by atoms with van der Waals surface area (Å²) < 4.78 is 18.0. The molecule has 0 unspecified atom stereocenters. The van der Waals surface area contributed by atoms with Crippen LogP contribution in [0, 0.1) is 12.7 Å². The predicted octanol–water partition coefficient (Wildman–Crippen LogP) is 3.91. The van der Waals surface area contributed by atoms with Crippen molar-refractivity contribution in [2.75, 3.05) is 10.6 Å². The van der Waals surface area contributed by atoms with Crippen LogP contribution < -0.4 is 10.6 Å². The number of anilines is 2. The average Bonchev–Trinajstić information content (AvgIpc) is 3.00. The number of nitrogens with one attached hydrogen (secondary N) is 2. The third-order valence-electron chi connectivity index (χ3n) is 3.43. The summed E-state index contributed by atoms with van der Waals surface area (Å²) in [6.07, 6.45) is 0. The molecule has 1 heterocycles. The minimum absolute atomic E-state index is 0.293. The molecule has 0 radical (unpaired) electrons. The third-order valence-corrected chi connectivity index (χ3v) is 3.43. The van der Waals surface area contributed by atoms with Crippen LogP contribution in [0.3, 0.4) is 0 Å². The zero-order chi connectivity index (χ0) is 16.9. The van der Waals surface area contributed by atoms with Crippen molar-refractivity contribution < 1.29 is 13.7 Å². The van der Waals surface area contributed by atoms with E-state index in [0.717, 1.165) is 5.56 Å². The first-order valence-corrected chi connectivity index (χ1v) is 7.43. The lowest BCUT2D eigenvalue weighted by molar-refractivity contribution is -0.117. The summed E-state index contributed by atoms with van der Waals surface area (Å²) in [4.78, 5) is 12.7. The van der Waals surface area contributed by atoms with Crippen molar-refractivity contribution in [2.24, 2.45) is 0 Å². The van der Waals surface area contributed by atoms with Gasteiger partial charge in [0.1, 0.15) is 17.6 Å². The van der Waals surface area contributed by atoms with Crippen molar-refractivity contribution in [2.45, 2.75) is 13.0 Å². The minimum Gasteiger partial charge on any atom is -0.370 e. The highest BCUT2D eigenvalue weighted by atomic mass is 19.1. The van der Waals surface area contributed by atoms with E-state index in [1.807, 2.05) is 30.3 Å². The Morgan fingerprint density at radius 2 is 1.83 bits per heavy atom. The smallest absolute Gasteiger partial charge is 0.252 e. The molecule has 5 nitrogen and oxygen atoms in total. The normalized spacial score (nSPS) is 11.8. The highest BCUT2D eigenvalue weighted by Gasteiger charge is 2.21. The van der Waals surface area contributed by atoms with Gasteiger partial charge in [0.2, 0.25) is 0 Å². The van der Waals surface area contributed by atoms with E-state index in [2.05, 4.69) is 15.8 Å². The summed E-state index contributed by atoms with van der Waals surface area (Å²) in [5.74, 6) is 0.325. The molecule has 0 saturated heterocycles. The van der Waals surface area contributed by atoms with Gasteiger partial charge in [-0.1, -0.05) is 35.5 Å². The van der Waals surface area contributed by atoms with Crippen molar-refractivity contribution in [3.63, 3.8) is 0 Å². The summed E-state index contributed by atoms with van der Waals surface area (Å²) in [5.41, 5.74) is 1.41. The largest absolute Gasteiger partial charge is 0.370 e. The van der Waals surface area contributed by atoms with E-state index in [1.54, 1.807) is 25.1 Å². The van der Waals surface area contributed by atoms with Crippen LogP contribution in [0.15, 0.2) is 65.2 Å². The number of hydrogen-bond acceptors (Lipinski definition) is 4. The second-order valence-corrected chi connectivity index (χ2v) is 5.31. The molecule has 122 valence electrons. The zero-order valence-electron chi connectivity index (χ0n) is 13.0. The van der Waals surface area contributed by atoms with Crippen molar-refractivity contribution in [1.82, 2.24) is 5.16 Å². The maximum atomic E-state index is 13.1. The van der Waals surface area contributed by atoms with Crippen molar-refractivity contribution in [3.8, 4) is 0 Å². The van der Waals surface area contributed by atoms with Gasteiger partial charge in [-0.25, -0.2) is 4.39 Å². The summed E-state index contributed by atoms with van der Waals surface area (Å²) >= 11 is 0. The standard InChI is InChI=1S/C18H16FN3O2/c1-12-11-16(22-24-12)21-18(23)17(13-5-3-2-4-6-13)20-15-9-7-14(19)8-10-15/h2-11,17,20H,1H3,(H,21,22,23)/t17-/m1/s1. The van der Waals surface area contributed by atoms with Gasteiger partial charge in [-0.3, -0.25) is 4.79 Å². The van der Waals surface area contributed by atoms with Gasteiger partial charge in [-0.15, -0.1) is 0 Å². The molecule has 1 atom stereocenters. The lowest BCUT2D eigenvalue weighted by Crippen LogP contribution is -2.27. The predicted molar refractivity (Wildman–Crippen MR) is 89.1 cm³/mol. The van der Waals surface area contributed by atoms with Gasteiger partial charge < -0.3 is 15.2 Å². The van der Waals surface area contributed by atoms with Crippen molar-refractivity contribution in [3.05, 3.63) is 77.8 Å². The van der Waals surface area contributed by atoms with Crippen LogP contribution in [0.4, 0.5) is 15.9 Å². The summed E-state index contributed by atoms with van der Waals surface area (Å²) in [6.45, 7) is 1.74. The number of aryl methyl sites for hydroxylation is 1. The topological polar surface area (TPSA) is 67.2 Å². The Kier molecular flexibility index (Phi) is 4.56. The number of hydrogen-bond donors (Lipinski definition) is 2. The molecule has 3 aromatic rings. The first kappa shape index (κ1) is 15.7. The number of aromatic nitrogens is 1. The average molecular weight is 325 g/mol. The van der Waals surface area contributed by atoms with Gasteiger partial charge in [0.15, 0.2) is 5.82 Å². The van der Waals surface area contributed by atoms with Gasteiger partial charge in [-0.2, -0.15) is 0 Å². The maximum absolute atomic E-state index is 13.1. The van der Waals surface area contributed by atoms with Crippen LogP contribution in [-0.4, -0.2) is 11.1 Å². The fourth-order valence-corrected chi connectivity index (χ4v) is 2.28. The number of halogens is 1. The Labute approximate surface area is 138 Å². The number of benzene rings is 2. The van der Waals surface area contributed by atoms with E-state index in [0.29, 0.717) is 17.3 Å². The van der Waals surface area contributed by atoms with Gasteiger partial charge in [0, 0.05) is 11.8 Å². The maximum Gasteiger partial charge on any atom is 0.252 e. The second kappa shape index (κ2) is 6.95. The number of amides is 1. The number of carbonyl (C=O) groups is 1. The molecule has 3 rings (SSSR count). The zero-order valence-corrected chi connectivity index (χ0v) is 13.0. The van der Waals surface area contributed by atoms with Gasteiger partial charge >= 0.3 is 0 Å². The lowest BCUT2D eigenvalue weighted by atomic mass is 10.1. The van der Waals surface area contributed by atoms with Crippen LogP contribution in [-0.2, 0) is 4.79 Å². The lowest BCUT2D eigenvalue weighted by Gasteiger charge is -2.19. The molecule has 2 aromatic carbocycles. The highest BCUT2D eigenvalue weighted by molar-refractivity contribution is 5.96. The molecule has 1 aromatic heterocycles. The SMILES string of the molecule is Cc1cc(NC(=O)[C@H](Nc2ccc(F)cc2)c2ccccc2)no1. The molecular formula is C18H16FN3O2. The first-order chi connectivity index (χ1) is 11.6. The monoisotopic (exact) mass is 325 g/mol. The molecule has 0 aliphatic rings. The van der Waals surface area contributed by atoms with Crippen molar-refractivity contribution >= 4 is 17.4 Å². The molecule has 0 fully saturated rings. The fraction of sp³-hybridized carbons (Fsp3) is 0.111. The fourth-order valence-electron chi connectivity index (χ4n) is 2.28. The Balaban J connectivity index is 1.84. The molecule has 1 amide bonds. The second-order valence-electron chi connectivity index (χ2n) is 5.31. The Morgan fingerprint density at radius 3 is 2.46 bits per heavy atom. The molecule has 2 N–H and O–H groups in total. The third kappa shape index (κ3) is 3.78. The van der Waals surface area contributed by atoms with E-state index in [9.17, 15) is 9.18 Å². The molecule has 6 heteroatoms. The van der Waals surface area contributed by atoms with E-state index in [1.165, 1.54) is 12.1 Å². The van der Waals surface area contributed by atoms with Crippen LogP contribution >= 0.6 is 0 Å². The molecular weight excluding hydrogens is 309 g/mol. The Hall–Kier alpha value is -3.15. The quantitative estimate of drug-likeness (QED) is 0.746. The molecule has 0 saturated carbocycles. The van der Waals surface area contributed by atoms with Crippen LogP contribution in [0.25, 0.3) is 0 Å². The Morgan fingerprint density at radius 1 is 1.12 bits per heavy atom. The minimum atomic E-state index is -0.659. The van der Waals surface area contributed by atoms with Gasteiger partial charge in [0.25, 0.3) is 5.91 Å². The van der Waals surface area contributed by atoms with Gasteiger partial charge in [-0.05, 0) is 36.8 Å². The Bertz CT molecular complexity index is 816. The summed E-state index contributed by atoms with van der Waals surface area (Å²) in [5, 5.41) is 9.59. The van der Waals surface area contributed by atoms with Crippen LogP contribution in [0.1, 0.15) is 17.4 Å². The molecule has 0 spiro atoms.